The molecule has 2 unspecified atom stereocenters. The van der Waals surface area contributed by atoms with Gasteiger partial charge in [0.05, 0.1) is 0 Å². The number of carbonyl (C=O) groups is 1. The Balaban J connectivity index is 0.00000128. The van der Waals surface area contributed by atoms with Gasteiger partial charge < -0.3 is 10.2 Å². The van der Waals surface area contributed by atoms with Gasteiger partial charge in [0.25, 0.3) is 0 Å². The smallest absolute Gasteiger partial charge is 0.226 e. The summed E-state index contributed by atoms with van der Waals surface area (Å²) in [6.45, 7) is 6.13. The zero-order chi connectivity index (χ0) is 10.8. The monoisotopic (exact) mass is 246 g/mol. The minimum atomic E-state index is 0. The van der Waals surface area contributed by atoms with Crippen LogP contribution in [0.3, 0.4) is 0 Å². The fraction of sp³-hybridized carbons (Fsp3) is 0.917. The van der Waals surface area contributed by atoms with Crippen LogP contribution in [0.25, 0.3) is 0 Å². The van der Waals surface area contributed by atoms with Crippen molar-refractivity contribution in [1.29, 1.82) is 0 Å². The van der Waals surface area contributed by atoms with Gasteiger partial charge in [-0.15, -0.1) is 12.4 Å². The van der Waals surface area contributed by atoms with Crippen molar-refractivity contribution in [2.75, 3.05) is 13.1 Å². The highest BCUT2D eigenvalue weighted by Crippen LogP contribution is 2.27. The van der Waals surface area contributed by atoms with Gasteiger partial charge in [-0.25, -0.2) is 0 Å². The summed E-state index contributed by atoms with van der Waals surface area (Å²) in [7, 11) is 0. The van der Waals surface area contributed by atoms with Gasteiger partial charge in [-0.2, -0.15) is 0 Å². The Morgan fingerprint density at radius 2 is 1.88 bits per heavy atom. The van der Waals surface area contributed by atoms with E-state index in [-0.39, 0.29) is 12.4 Å². The van der Waals surface area contributed by atoms with Crippen LogP contribution >= 0.6 is 12.4 Å². The molecule has 0 aromatic heterocycles. The summed E-state index contributed by atoms with van der Waals surface area (Å²) in [6.07, 6.45) is 4.71. The first-order valence-electron chi connectivity index (χ1n) is 6.22. The molecular formula is C12H23ClN2O. The van der Waals surface area contributed by atoms with Crippen LogP contribution in [0.15, 0.2) is 0 Å². The van der Waals surface area contributed by atoms with E-state index in [4.69, 9.17) is 0 Å². The molecule has 1 N–H and O–H groups in total. The number of hydrogen-bond donors (Lipinski definition) is 1. The third kappa shape index (κ3) is 2.89. The van der Waals surface area contributed by atoms with E-state index in [9.17, 15) is 4.79 Å². The lowest BCUT2D eigenvalue weighted by molar-refractivity contribution is -0.138. The highest BCUT2D eigenvalue weighted by Gasteiger charge is 2.32. The van der Waals surface area contributed by atoms with E-state index in [1.807, 2.05) is 0 Å². The number of nitrogens with zero attached hydrogens (tertiary/aromatic N) is 1. The second-order valence-electron chi connectivity index (χ2n) is 5.13. The largest absolute Gasteiger partial charge is 0.337 e. The van der Waals surface area contributed by atoms with Gasteiger partial charge >= 0.3 is 0 Å². The third-order valence-corrected chi connectivity index (χ3v) is 3.75. The molecule has 0 bridgehead atoms. The van der Waals surface area contributed by atoms with Crippen molar-refractivity contribution in [3.8, 4) is 0 Å². The van der Waals surface area contributed by atoms with Gasteiger partial charge in [-0.1, -0.05) is 12.8 Å². The average Bonchev–Trinajstić information content (AvgIpc) is 2.74. The van der Waals surface area contributed by atoms with E-state index in [0.29, 0.717) is 23.9 Å². The number of piperazine rings is 1. The number of hydrogen-bond acceptors (Lipinski definition) is 2. The summed E-state index contributed by atoms with van der Waals surface area (Å²) in [4.78, 5) is 14.3. The molecule has 2 rings (SSSR count). The molecule has 0 spiro atoms. The molecule has 0 aromatic rings. The molecule has 1 aliphatic carbocycles. The normalized spacial score (nSPS) is 31.2. The van der Waals surface area contributed by atoms with Crippen molar-refractivity contribution < 1.29 is 4.79 Å². The third-order valence-electron chi connectivity index (χ3n) is 3.75. The summed E-state index contributed by atoms with van der Waals surface area (Å²) < 4.78 is 0. The molecule has 2 aliphatic rings. The molecule has 1 heterocycles. The SMILES string of the molecule is CC1CN(C(=O)C2CCCC2)C(C)CN1.Cl. The first-order chi connectivity index (χ1) is 7.18. The van der Waals surface area contributed by atoms with Crippen LogP contribution in [0.4, 0.5) is 0 Å². The number of halogens is 1. The predicted octanol–water partition coefficient (Wildman–Crippen LogP) is 1.81. The number of amides is 1. The van der Waals surface area contributed by atoms with Gasteiger partial charge in [0, 0.05) is 31.1 Å². The molecule has 1 aliphatic heterocycles. The molecule has 1 amide bonds. The van der Waals surface area contributed by atoms with E-state index in [2.05, 4.69) is 24.1 Å². The first kappa shape index (κ1) is 13.8. The molecule has 16 heavy (non-hydrogen) atoms. The van der Waals surface area contributed by atoms with Gasteiger partial charge in [-0.05, 0) is 26.7 Å². The lowest BCUT2D eigenvalue weighted by atomic mass is 10.0. The van der Waals surface area contributed by atoms with E-state index in [1.165, 1.54) is 12.8 Å². The Labute approximate surface area is 104 Å². The first-order valence-corrected chi connectivity index (χ1v) is 6.22. The van der Waals surface area contributed by atoms with Crippen molar-refractivity contribution in [1.82, 2.24) is 10.2 Å². The molecule has 2 fully saturated rings. The standard InChI is InChI=1S/C12H22N2O.ClH/c1-9-8-14(10(2)7-13-9)12(15)11-5-3-4-6-11;/h9-11,13H,3-8H2,1-2H3;1H. The van der Waals surface area contributed by atoms with Crippen LogP contribution in [0.1, 0.15) is 39.5 Å². The maximum Gasteiger partial charge on any atom is 0.226 e. The summed E-state index contributed by atoms with van der Waals surface area (Å²) >= 11 is 0. The van der Waals surface area contributed by atoms with Crippen molar-refractivity contribution >= 4 is 18.3 Å². The van der Waals surface area contributed by atoms with Crippen molar-refractivity contribution in [2.45, 2.75) is 51.6 Å². The molecule has 3 nitrogen and oxygen atoms in total. The second-order valence-corrected chi connectivity index (χ2v) is 5.13. The molecule has 2 atom stereocenters. The Kier molecular flexibility index (Phi) is 5.06. The number of nitrogens with one attached hydrogen (secondary N) is 1. The summed E-state index contributed by atoms with van der Waals surface area (Å²) in [5, 5.41) is 3.41. The van der Waals surface area contributed by atoms with Crippen LogP contribution in [0, 0.1) is 5.92 Å². The topological polar surface area (TPSA) is 32.3 Å². The van der Waals surface area contributed by atoms with Gasteiger partial charge in [0.15, 0.2) is 0 Å². The second kappa shape index (κ2) is 5.87. The zero-order valence-corrected chi connectivity index (χ0v) is 11.1. The number of carbonyl (C=O) groups excluding carboxylic acids is 1. The van der Waals surface area contributed by atoms with Crippen LogP contribution < -0.4 is 5.32 Å². The lowest BCUT2D eigenvalue weighted by Gasteiger charge is -2.39. The van der Waals surface area contributed by atoms with E-state index in [1.54, 1.807) is 0 Å². The summed E-state index contributed by atoms with van der Waals surface area (Å²) in [5.41, 5.74) is 0. The molecule has 0 aromatic carbocycles. The van der Waals surface area contributed by atoms with Crippen LogP contribution in [0.2, 0.25) is 0 Å². The minimum Gasteiger partial charge on any atom is -0.337 e. The van der Waals surface area contributed by atoms with Crippen LogP contribution in [-0.2, 0) is 4.79 Å². The van der Waals surface area contributed by atoms with Gasteiger partial charge in [0.2, 0.25) is 5.91 Å². The highest BCUT2D eigenvalue weighted by atomic mass is 35.5. The maximum absolute atomic E-state index is 12.3. The fourth-order valence-corrected chi connectivity index (χ4v) is 2.74. The van der Waals surface area contributed by atoms with Crippen molar-refractivity contribution in [2.24, 2.45) is 5.92 Å². The molecular weight excluding hydrogens is 224 g/mol. The van der Waals surface area contributed by atoms with Crippen molar-refractivity contribution in [3.05, 3.63) is 0 Å². The molecule has 4 heteroatoms. The Bertz CT molecular complexity index is 241. The van der Waals surface area contributed by atoms with Crippen LogP contribution in [-0.4, -0.2) is 36.0 Å². The Hall–Kier alpha value is -0.280. The zero-order valence-electron chi connectivity index (χ0n) is 10.2. The quantitative estimate of drug-likeness (QED) is 0.766. The molecule has 94 valence electrons. The lowest BCUT2D eigenvalue weighted by Crippen LogP contribution is -2.57. The van der Waals surface area contributed by atoms with Gasteiger partial charge in [0.1, 0.15) is 0 Å². The van der Waals surface area contributed by atoms with Gasteiger partial charge in [-0.3, -0.25) is 4.79 Å². The van der Waals surface area contributed by atoms with Crippen LogP contribution in [0.5, 0.6) is 0 Å². The highest BCUT2D eigenvalue weighted by molar-refractivity contribution is 5.85. The maximum atomic E-state index is 12.3. The van der Waals surface area contributed by atoms with E-state index in [0.717, 1.165) is 25.9 Å². The number of rotatable bonds is 1. The predicted molar refractivity (Wildman–Crippen MR) is 67.8 cm³/mol. The summed E-state index contributed by atoms with van der Waals surface area (Å²) in [6, 6.07) is 0.820. The molecule has 1 saturated carbocycles. The van der Waals surface area contributed by atoms with E-state index < -0.39 is 0 Å². The minimum absolute atomic E-state index is 0. The molecule has 0 radical (unpaired) electrons. The van der Waals surface area contributed by atoms with Crippen molar-refractivity contribution in [3.63, 3.8) is 0 Å². The average molecular weight is 247 g/mol. The fourth-order valence-electron chi connectivity index (χ4n) is 2.74. The Morgan fingerprint density at radius 3 is 2.50 bits per heavy atom. The van der Waals surface area contributed by atoms with E-state index >= 15 is 0 Å². The molecule has 1 saturated heterocycles. The Morgan fingerprint density at radius 1 is 1.25 bits per heavy atom. The summed E-state index contributed by atoms with van der Waals surface area (Å²) in [5.74, 6) is 0.742.